The molecule has 0 amide bonds. The molecule has 1 saturated heterocycles. The van der Waals surface area contributed by atoms with E-state index in [-0.39, 0.29) is 0 Å². The molecule has 18 heavy (non-hydrogen) atoms. The molecule has 0 saturated carbocycles. The van der Waals surface area contributed by atoms with E-state index >= 15 is 0 Å². The second-order valence-corrected chi connectivity index (χ2v) is 5.36. The van der Waals surface area contributed by atoms with Gasteiger partial charge in [0.05, 0.1) is 22.8 Å². The number of hydrogen-bond acceptors (Lipinski definition) is 5. The summed E-state index contributed by atoms with van der Waals surface area (Å²) in [5, 5.41) is 0.413. The molecule has 1 fully saturated rings. The monoisotopic (exact) mass is 325 g/mol. The van der Waals surface area contributed by atoms with Crippen LogP contribution in [0.1, 0.15) is 11.7 Å². The lowest BCUT2D eigenvalue weighted by Gasteiger charge is -2.38. The standard InChI is InChI=1S/C11H9BrClN5/c12-8-1-15-11(16-2-8)7-5-18(6-7)10-4-14-3-9(13)17-10/h1-4,7H,5-6H2. The molecule has 2 aromatic heterocycles. The Morgan fingerprint density at radius 1 is 1.17 bits per heavy atom. The van der Waals surface area contributed by atoms with Crippen molar-refractivity contribution in [2.75, 3.05) is 18.0 Å². The fourth-order valence-electron chi connectivity index (χ4n) is 1.85. The number of rotatable bonds is 2. The van der Waals surface area contributed by atoms with Crippen LogP contribution >= 0.6 is 27.5 Å². The first-order valence-corrected chi connectivity index (χ1v) is 6.59. The number of halogens is 2. The molecular formula is C11H9BrClN5. The van der Waals surface area contributed by atoms with Gasteiger partial charge in [-0.1, -0.05) is 11.6 Å². The Hall–Kier alpha value is -1.27. The summed E-state index contributed by atoms with van der Waals surface area (Å²) in [7, 11) is 0. The van der Waals surface area contributed by atoms with Gasteiger partial charge in [-0.3, -0.25) is 4.98 Å². The summed E-state index contributed by atoms with van der Waals surface area (Å²) >= 11 is 9.13. The van der Waals surface area contributed by atoms with Crippen LogP contribution in [0.15, 0.2) is 29.3 Å². The topological polar surface area (TPSA) is 54.8 Å². The molecule has 0 N–H and O–H groups in total. The summed E-state index contributed by atoms with van der Waals surface area (Å²) in [4.78, 5) is 18.9. The molecule has 0 bridgehead atoms. The van der Waals surface area contributed by atoms with Crippen molar-refractivity contribution in [1.82, 2.24) is 19.9 Å². The minimum absolute atomic E-state index is 0.346. The predicted octanol–water partition coefficient (Wildman–Crippen LogP) is 2.29. The molecule has 92 valence electrons. The highest BCUT2D eigenvalue weighted by Crippen LogP contribution is 2.28. The summed E-state index contributed by atoms with van der Waals surface area (Å²) in [5.41, 5.74) is 0. The fourth-order valence-corrected chi connectivity index (χ4v) is 2.19. The van der Waals surface area contributed by atoms with Gasteiger partial charge >= 0.3 is 0 Å². The lowest BCUT2D eigenvalue weighted by atomic mass is 9.99. The van der Waals surface area contributed by atoms with Crippen molar-refractivity contribution < 1.29 is 0 Å². The first-order valence-electron chi connectivity index (χ1n) is 5.42. The van der Waals surface area contributed by atoms with Crippen LogP contribution in [-0.4, -0.2) is 33.0 Å². The number of hydrogen-bond donors (Lipinski definition) is 0. The molecule has 0 spiro atoms. The third-order valence-electron chi connectivity index (χ3n) is 2.80. The molecule has 0 unspecified atom stereocenters. The Labute approximate surface area is 117 Å². The average Bonchev–Trinajstić information content (AvgIpc) is 2.30. The van der Waals surface area contributed by atoms with E-state index in [1.807, 2.05) is 0 Å². The zero-order valence-electron chi connectivity index (χ0n) is 9.29. The Balaban J connectivity index is 1.68. The maximum absolute atomic E-state index is 5.81. The largest absolute Gasteiger partial charge is 0.354 e. The Morgan fingerprint density at radius 2 is 1.89 bits per heavy atom. The summed E-state index contributed by atoms with van der Waals surface area (Å²) in [6.45, 7) is 1.69. The summed E-state index contributed by atoms with van der Waals surface area (Å²) in [5.74, 6) is 2.01. The van der Waals surface area contributed by atoms with Crippen molar-refractivity contribution in [3.05, 3.63) is 40.2 Å². The maximum atomic E-state index is 5.81. The Morgan fingerprint density at radius 3 is 2.56 bits per heavy atom. The molecule has 0 radical (unpaired) electrons. The summed E-state index contributed by atoms with van der Waals surface area (Å²) in [6.07, 6.45) is 6.78. The van der Waals surface area contributed by atoms with Gasteiger partial charge in [0.1, 0.15) is 16.8 Å². The van der Waals surface area contributed by atoms with Gasteiger partial charge < -0.3 is 4.90 Å². The molecule has 1 aliphatic heterocycles. The van der Waals surface area contributed by atoms with Gasteiger partial charge in [-0.25, -0.2) is 15.0 Å². The van der Waals surface area contributed by atoms with Crippen molar-refractivity contribution in [2.45, 2.75) is 5.92 Å². The lowest BCUT2D eigenvalue weighted by Crippen LogP contribution is -2.46. The van der Waals surface area contributed by atoms with Crippen molar-refractivity contribution >= 4 is 33.3 Å². The van der Waals surface area contributed by atoms with Crippen LogP contribution in [0, 0.1) is 0 Å². The fraction of sp³-hybridized carbons (Fsp3) is 0.273. The third-order valence-corrected chi connectivity index (χ3v) is 3.40. The van der Waals surface area contributed by atoms with Gasteiger partial charge in [-0.15, -0.1) is 0 Å². The van der Waals surface area contributed by atoms with E-state index < -0.39 is 0 Å². The number of aromatic nitrogens is 4. The van der Waals surface area contributed by atoms with E-state index in [4.69, 9.17) is 11.6 Å². The van der Waals surface area contributed by atoms with Crippen LogP contribution < -0.4 is 4.90 Å². The Bertz CT molecular complexity index is 556. The van der Waals surface area contributed by atoms with Crippen molar-refractivity contribution in [3.8, 4) is 0 Å². The quantitative estimate of drug-likeness (QED) is 0.847. The van der Waals surface area contributed by atoms with Crippen molar-refractivity contribution in [1.29, 1.82) is 0 Å². The zero-order valence-corrected chi connectivity index (χ0v) is 11.6. The minimum Gasteiger partial charge on any atom is -0.354 e. The molecule has 3 heterocycles. The summed E-state index contributed by atoms with van der Waals surface area (Å²) in [6, 6.07) is 0. The molecule has 7 heteroatoms. The molecule has 3 rings (SSSR count). The first-order chi connectivity index (χ1) is 8.72. The number of nitrogens with zero attached hydrogens (tertiary/aromatic N) is 5. The normalized spacial score (nSPS) is 15.6. The highest BCUT2D eigenvalue weighted by molar-refractivity contribution is 9.10. The van der Waals surface area contributed by atoms with Crippen LogP contribution in [-0.2, 0) is 0 Å². The van der Waals surface area contributed by atoms with Crippen molar-refractivity contribution in [3.63, 3.8) is 0 Å². The van der Waals surface area contributed by atoms with Gasteiger partial charge in [0.25, 0.3) is 0 Å². The van der Waals surface area contributed by atoms with Gasteiger partial charge in [0, 0.05) is 25.5 Å². The van der Waals surface area contributed by atoms with Gasteiger partial charge in [0.15, 0.2) is 0 Å². The first kappa shape index (κ1) is 11.8. The SMILES string of the molecule is Clc1cncc(N2CC(c3ncc(Br)cn3)C2)n1. The lowest BCUT2D eigenvalue weighted by molar-refractivity contribution is 0.495. The van der Waals surface area contributed by atoms with Gasteiger partial charge in [-0.2, -0.15) is 0 Å². The molecular weight excluding hydrogens is 318 g/mol. The highest BCUT2D eigenvalue weighted by atomic mass is 79.9. The van der Waals surface area contributed by atoms with Crippen molar-refractivity contribution in [2.24, 2.45) is 0 Å². The molecule has 2 aromatic rings. The number of anilines is 1. The van der Waals surface area contributed by atoms with Crippen LogP contribution in [0.2, 0.25) is 5.15 Å². The third kappa shape index (κ3) is 2.30. The summed E-state index contributed by atoms with van der Waals surface area (Å²) < 4.78 is 0.892. The molecule has 0 atom stereocenters. The molecule has 5 nitrogen and oxygen atoms in total. The molecule has 1 aliphatic rings. The van der Waals surface area contributed by atoms with E-state index in [0.717, 1.165) is 29.2 Å². The van der Waals surface area contributed by atoms with Crippen LogP contribution in [0.3, 0.4) is 0 Å². The van der Waals surface area contributed by atoms with Gasteiger partial charge in [-0.05, 0) is 15.9 Å². The van der Waals surface area contributed by atoms with E-state index in [1.54, 1.807) is 18.6 Å². The predicted molar refractivity (Wildman–Crippen MR) is 71.7 cm³/mol. The van der Waals surface area contributed by atoms with E-state index in [0.29, 0.717) is 11.1 Å². The van der Waals surface area contributed by atoms with Crippen LogP contribution in [0.5, 0.6) is 0 Å². The Kier molecular flexibility index (Phi) is 3.13. The molecule has 0 aromatic carbocycles. The van der Waals surface area contributed by atoms with E-state index in [1.165, 1.54) is 6.20 Å². The van der Waals surface area contributed by atoms with Crippen LogP contribution in [0.4, 0.5) is 5.82 Å². The van der Waals surface area contributed by atoms with E-state index in [9.17, 15) is 0 Å². The van der Waals surface area contributed by atoms with Gasteiger partial charge in [0.2, 0.25) is 0 Å². The van der Waals surface area contributed by atoms with Crippen LogP contribution in [0.25, 0.3) is 0 Å². The smallest absolute Gasteiger partial charge is 0.149 e. The minimum atomic E-state index is 0.346. The average molecular weight is 327 g/mol. The molecule has 0 aliphatic carbocycles. The zero-order chi connectivity index (χ0) is 12.5. The maximum Gasteiger partial charge on any atom is 0.149 e. The van der Waals surface area contributed by atoms with E-state index in [2.05, 4.69) is 40.8 Å². The second kappa shape index (κ2) is 4.78. The highest BCUT2D eigenvalue weighted by Gasteiger charge is 2.31. The second-order valence-electron chi connectivity index (χ2n) is 4.06.